The van der Waals surface area contributed by atoms with Crippen molar-refractivity contribution in [2.24, 2.45) is 0 Å². The fourth-order valence-corrected chi connectivity index (χ4v) is 2.15. The van der Waals surface area contributed by atoms with Gasteiger partial charge in [-0.15, -0.1) is 0 Å². The molecule has 3 nitrogen and oxygen atoms in total. The number of hydrogen-bond donors (Lipinski definition) is 0. The number of benzene rings is 1. The van der Waals surface area contributed by atoms with Crippen LogP contribution in [0, 0.1) is 6.92 Å². The fraction of sp³-hybridized carbons (Fsp3) is 0.538. The molecule has 0 fully saturated rings. The summed E-state index contributed by atoms with van der Waals surface area (Å²) in [5.41, 5.74) is 3.98. The first-order valence-electron chi connectivity index (χ1n) is 5.78. The van der Waals surface area contributed by atoms with Crippen molar-refractivity contribution in [3.63, 3.8) is 0 Å². The van der Waals surface area contributed by atoms with Gasteiger partial charge < -0.3 is 14.5 Å². The monoisotopic (exact) mass is 220 g/mol. The maximum absolute atomic E-state index is 5.16. The van der Waals surface area contributed by atoms with Crippen LogP contribution in [0.5, 0.6) is 0 Å². The van der Waals surface area contributed by atoms with Crippen LogP contribution in [0.1, 0.15) is 5.56 Å². The third-order valence-electron chi connectivity index (χ3n) is 3.15. The zero-order valence-electron chi connectivity index (χ0n) is 10.4. The number of ether oxygens (including phenoxy) is 1. The van der Waals surface area contributed by atoms with Crippen LogP contribution in [-0.4, -0.2) is 40.4 Å². The second-order valence-corrected chi connectivity index (χ2v) is 4.39. The van der Waals surface area contributed by atoms with Crippen molar-refractivity contribution < 1.29 is 4.74 Å². The van der Waals surface area contributed by atoms with Gasteiger partial charge in [-0.05, 0) is 24.6 Å². The molecular formula is C13H20N2O. The normalized spacial score (nSPS) is 15.2. The molecule has 16 heavy (non-hydrogen) atoms. The number of hydrogen-bond acceptors (Lipinski definition) is 3. The zero-order valence-corrected chi connectivity index (χ0v) is 10.4. The summed E-state index contributed by atoms with van der Waals surface area (Å²) in [5.74, 6) is 0. The molecule has 0 N–H and O–H groups in total. The summed E-state index contributed by atoms with van der Waals surface area (Å²) >= 11 is 0. The summed E-state index contributed by atoms with van der Waals surface area (Å²) in [6.45, 7) is 6.07. The Bertz CT molecular complexity index is 365. The highest BCUT2D eigenvalue weighted by atomic mass is 16.5. The van der Waals surface area contributed by atoms with Crippen LogP contribution in [0.15, 0.2) is 18.2 Å². The summed E-state index contributed by atoms with van der Waals surface area (Å²) in [6, 6.07) is 6.65. The molecule has 1 aromatic rings. The summed E-state index contributed by atoms with van der Waals surface area (Å²) in [4.78, 5) is 4.73. The Kier molecular flexibility index (Phi) is 3.34. The Labute approximate surface area is 97.6 Å². The van der Waals surface area contributed by atoms with Gasteiger partial charge in [0.05, 0.1) is 18.0 Å². The summed E-state index contributed by atoms with van der Waals surface area (Å²) in [6.07, 6.45) is 0. The summed E-state index contributed by atoms with van der Waals surface area (Å²) in [5, 5.41) is 0. The number of likely N-dealkylation sites (N-methyl/N-ethyl adjacent to an activating group) is 1. The highest BCUT2D eigenvalue weighted by Crippen LogP contribution is 2.32. The van der Waals surface area contributed by atoms with E-state index in [1.54, 1.807) is 7.11 Å². The average Bonchev–Trinajstić information content (AvgIpc) is 2.28. The van der Waals surface area contributed by atoms with Crippen LogP contribution in [0.2, 0.25) is 0 Å². The smallest absolute Gasteiger partial charge is 0.0637 e. The molecule has 0 unspecified atom stereocenters. The fourth-order valence-electron chi connectivity index (χ4n) is 2.15. The third kappa shape index (κ3) is 2.14. The maximum Gasteiger partial charge on any atom is 0.0637 e. The molecular weight excluding hydrogens is 200 g/mol. The predicted molar refractivity (Wildman–Crippen MR) is 68.5 cm³/mol. The minimum atomic E-state index is 0.789. The van der Waals surface area contributed by atoms with Crippen LogP contribution in [0.4, 0.5) is 11.4 Å². The molecule has 0 saturated heterocycles. The third-order valence-corrected chi connectivity index (χ3v) is 3.15. The molecule has 2 rings (SSSR count). The number of nitrogens with zero attached hydrogens (tertiary/aromatic N) is 2. The number of anilines is 2. The zero-order chi connectivity index (χ0) is 11.5. The first-order valence-corrected chi connectivity index (χ1v) is 5.78. The summed E-state index contributed by atoms with van der Waals surface area (Å²) in [7, 11) is 3.91. The molecule has 0 amide bonds. The lowest BCUT2D eigenvalue weighted by atomic mass is 10.1. The van der Waals surface area contributed by atoms with E-state index in [1.165, 1.54) is 16.9 Å². The van der Waals surface area contributed by atoms with Crippen LogP contribution in [0.3, 0.4) is 0 Å². The van der Waals surface area contributed by atoms with Crippen LogP contribution in [-0.2, 0) is 4.74 Å². The molecule has 1 aliphatic rings. The SMILES string of the molecule is COCCN1CCN(C)c2ccc(C)cc21. The number of fused-ring (bicyclic) bond motifs is 1. The highest BCUT2D eigenvalue weighted by molar-refractivity contribution is 5.74. The van der Waals surface area contributed by atoms with E-state index in [0.29, 0.717) is 0 Å². The molecule has 0 radical (unpaired) electrons. The molecule has 1 aliphatic heterocycles. The van der Waals surface area contributed by atoms with Gasteiger partial charge in [0.15, 0.2) is 0 Å². The van der Waals surface area contributed by atoms with E-state index in [4.69, 9.17) is 4.74 Å². The van der Waals surface area contributed by atoms with Crippen molar-refractivity contribution in [3.05, 3.63) is 23.8 Å². The van der Waals surface area contributed by atoms with Gasteiger partial charge in [0.25, 0.3) is 0 Å². The second kappa shape index (κ2) is 4.74. The molecule has 0 atom stereocenters. The van der Waals surface area contributed by atoms with E-state index in [9.17, 15) is 0 Å². The number of rotatable bonds is 3. The van der Waals surface area contributed by atoms with Crippen LogP contribution in [0.25, 0.3) is 0 Å². The lowest BCUT2D eigenvalue weighted by Gasteiger charge is -2.37. The van der Waals surface area contributed by atoms with E-state index < -0.39 is 0 Å². The van der Waals surface area contributed by atoms with Gasteiger partial charge in [-0.3, -0.25) is 0 Å². The average molecular weight is 220 g/mol. The number of methoxy groups -OCH3 is 1. The Morgan fingerprint density at radius 1 is 1.25 bits per heavy atom. The molecule has 0 saturated carbocycles. The number of aryl methyl sites for hydroxylation is 1. The molecule has 3 heteroatoms. The van der Waals surface area contributed by atoms with Crippen molar-refractivity contribution in [3.8, 4) is 0 Å². The van der Waals surface area contributed by atoms with E-state index in [0.717, 1.165) is 26.2 Å². The first-order chi connectivity index (χ1) is 7.72. The van der Waals surface area contributed by atoms with Crippen molar-refractivity contribution in [1.29, 1.82) is 0 Å². The van der Waals surface area contributed by atoms with Gasteiger partial charge >= 0.3 is 0 Å². The minimum absolute atomic E-state index is 0.789. The van der Waals surface area contributed by atoms with Crippen molar-refractivity contribution in [2.45, 2.75) is 6.92 Å². The van der Waals surface area contributed by atoms with E-state index in [2.05, 4.69) is 42.0 Å². The summed E-state index contributed by atoms with van der Waals surface area (Å²) < 4.78 is 5.16. The standard InChI is InChI=1S/C13H20N2O/c1-11-4-5-12-13(10-11)15(8-9-16-3)7-6-14(12)2/h4-5,10H,6-9H2,1-3H3. The Morgan fingerprint density at radius 3 is 2.81 bits per heavy atom. The van der Waals surface area contributed by atoms with Crippen molar-refractivity contribution in [2.75, 3.05) is 50.2 Å². The first kappa shape index (κ1) is 11.3. The molecule has 1 heterocycles. The lowest BCUT2D eigenvalue weighted by Crippen LogP contribution is -2.40. The molecule has 88 valence electrons. The van der Waals surface area contributed by atoms with E-state index in [1.807, 2.05) is 0 Å². The van der Waals surface area contributed by atoms with Gasteiger partial charge in [-0.25, -0.2) is 0 Å². The van der Waals surface area contributed by atoms with Gasteiger partial charge in [0, 0.05) is 33.8 Å². The van der Waals surface area contributed by atoms with Crippen molar-refractivity contribution in [1.82, 2.24) is 0 Å². The molecule has 0 aliphatic carbocycles. The minimum Gasteiger partial charge on any atom is -0.383 e. The molecule has 0 spiro atoms. The van der Waals surface area contributed by atoms with Gasteiger partial charge in [0.1, 0.15) is 0 Å². The quantitative estimate of drug-likeness (QED) is 0.773. The molecule has 0 aromatic heterocycles. The highest BCUT2D eigenvalue weighted by Gasteiger charge is 2.19. The maximum atomic E-state index is 5.16. The van der Waals surface area contributed by atoms with Gasteiger partial charge in [-0.1, -0.05) is 6.07 Å². The largest absolute Gasteiger partial charge is 0.383 e. The Morgan fingerprint density at radius 2 is 2.06 bits per heavy atom. The molecule has 1 aromatic carbocycles. The van der Waals surface area contributed by atoms with Crippen molar-refractivity contribution >= 4 is 11.4 Å². The Hall–Kier alpha value is -1.22. The van der Waals surface area contributed by atoms with Crippen LogP contribution < -0.4 is 9.80 Å². The van der Waals surface area contributed by atoms with E-state index in [-0.39, 0.29) is 0 Å². The molecule has 0 bridgehead atoms. The predicted octanol–water partition coefficient (Wildman–Crippen LogP) is 1.90. The Balaban J connectivity index is 2.27. The van der Waals surface area contributed by atoms with Gasteiger partial charge in [0.2, 0.25) is 0 Å². The van der Waals surface area contributed by atoms with Gasteiger partial charge in [-0.2, -0.15) is 0 Å². The second-order valence-electron chi connectivity index (χ2n) is 4.39. The van der Waals surface area contributed by atoms with Crippen LogP contribution >= 0.6 is 0 Å². The topological polar surface area (TPSA) is 15.7 Å². The lowest BCUT2D eigenvalue weighted by molar-refractivity contribution is 0.205. The van der Waals surface area contributed by atoms with E-state index >= 15 is 0 Å².